The van der Waals surface area contributed by atoms with Gasteiger partial charge >= 0.3 is 0 Å². The van der Waals surface area contributed by atoms with Crippen LogP contribution in [0.3, 0.4) is 0 Å². The Kier molecular flexibility index (Phi) is 7.10. The second kappa shape index (κ2) is 10.2. The average molecular weight is 470 g/mol. The van der Waals surface area contributed by atoms with Gasteiger partial charge < -0.3 is 14.5 Å². The number of halogens is 1. The number of carbonyl (C=O) groups is 1. The van der Waals surface area contributed by atoms with E-state index < -0.39 is 11.7 Å². The van der Waals surface area contributed by atoms with E-state index in [-0.39, 0.29) is 28.7 Å². The van der Waals surface area contributed by atoms with E-state index in [1.807, 2.05) is 32.0 Å². The fourth-order valence-electron chi connectivity index (χ4n) is 3.38. The number of rotatable bonds is 9. The molecule has 0 aliphatic rings. The van der Waals surface area contributed by atoms with E-state index in [0.717, 1.165) is 17.1 Å². The lowest BCUT2D eigenvalue weighted by molar-refractivity contribution is -0.113. The zero-order valence-corrected chi connectivity index (χ0v) is 19.2. The number of thioether (sulfide) groups is 1. The van der Waals surface area contributed by atoms with Gasteiger partial charge in [-0.05, 0) is 44.5 Å². The van der Waals surface area contributed by atoms with Crippen LogP contribution in [0.25, 0.3) is 22.1 Å². The molecule has 7 nitrogen and oxygen atoms in total. The Labute approximate surface area is 193 Å². The molecule has 4 rings (SSSR count). The number of aromatic nitrogens is 2. The summed E-state index contributed by atoms with van der Waals surface area (Å²) in [6.45, 7) is 4.75. The molecule has 1 amide bonds. The van der Waals surface area contributed by atoms with Gasteiger partial charge in [-0.3, -0.25) is 14.2 Å². The summed E-state index contributed by atoms with van der Waals surface area (Å²) in [6.07, 6.45) is 0.689. The van der Waals surface area contributed by atoms with E-state index in [2.05, 4.69) is 10.3 Å². The number of amides is 1. The van der Waals surface area contributed by atoms with E-state index in [1.54, 1.807) is 18.2 Å². The summed E-state index contributed by atoms with van der Waals surface area (Å²) in [5, 5.41) is 3.68. The summed E-state index contributed by atoms with van der Waals surface area (Å²) in [4.78, 5) is 30.4. The largest absolute Gasteiger partial charge is 0.448 e. The third kappa shape index (κ3) is 5.26. The van der Waals surface area contributed by atoms with E-state index in [9.17, 15) is 14.0 Å². The third-order valence-corrected chi connectivity index (χ3v) is 5.88. The number of anilines is 1. The number of nitrogens with one attached hydrogen (secondary N) is 1. The second-order valence-electron chi connectivity index (χ2n) is 7.72. The molecule has 2 heterocycles. The van der Waals surface area contributed by atoms with E-state index in [4.69, 9.17) is 9.15 Å². The Morgan fingerprint density at radius 3 is 2.76 bits per heavy atom. The van der Waals surface area contributed by atoms with Crippen LogP contribution in [-0.2, 0) is 16.1 Å². The fourth-order valence-corrected chi connectivity index (χ4v) is 4.20. The normalized spacial score (nSPS) is 11.5. The highest BCUT2D eigenvalue weighted by Gasteiger charge is 2.19. The molecule has 0 aliphatic heterocycles. The minimum absolute atomic E-state index is 0.0371. The summed E-state index contributed by atoms with van der Waals surface area (Å²) in [6, 6.07) is 13.3. The first-order valence-electron chi connectivity index (χ1n) is 10.6. The number of para-hydroxylation sites is 2. The van der Waals surface area contributed by atoms with Crippen molar-refractivity contribution < 1.29 is 18.3 Å². The maximum atomic E-state index is 13.8. The van der Waals surface area contributed by atoms with Crippen LogP contribution in [0.15, 0.2) is 62.9 Å². The van der Waals surface area contributed by atoms with E-state index >= 15 is 0 Å². The first-order chi connectivity index (χ1) is 15.9. The quantitative estimate of drug-likeness (QED) is 0.215. The molecule has 0 unspecified atom stereocenters. The maximum absolute atomic E-state index is 13.8. The van der Waals surface area contributed by atoms with Crippen molar-refractivity contribution in [2.45, 2.75) is 38.1 Å². The highest BCUT2D eigenvalue weighted by atomic mass is 32.2. The number of furan rings is 1. The van der Waals surface area contributed by atoms with E-state index in [0.29, 0.717) is 35.8 Å². The van der Waals surface area contributed by atoms with Crippen LogP contribution in [0.4, 0.5) is 10.1 Å². The lowest BCUT2D eigenvalue weighted by atomic mass is 10.2. The number of nitrogens with zero attached hydrogens (tertiary/aromatic N) is 2. The molecule has 2 aromatic heterocycles. The second-order valence-corrected chi connectivity index (χ2v) is 8.66. The maximum Gasteiger partial charge on any atom is 0.297 e. The van der Waals surface area contributed by atoms with Gasteiger partial charge in [-0.15, -0.1) is 0 Å². The lowest BCUT2D eigenvalue weighted by Crippen LogP contribution is -2.25. The molecule has 0 saturated heterocycles. The van der Waals surface area contributed by atoms with Crippen molar-refractivity contribution in [3.05, 3.63) is 64.7 Å². The molecule has 9 heteroatoms. The van der Waals surface area contributed by atoms with Crippen LogP contribution < -0.4 is 10.9 Å². The zero-order chi connectivity index (χ0) is 23.4. The van der Waals surface area contributed by atoms with Crippen molar-refractivity contribution in [1.29, 1.82) is 0 Å². The Morgan fingerprint density at radius 1 is 1.21 bits per heavy atom. The van der Waals surface area contributed by atoms with Crippen molar-refractivity contribution in [2.24, 2.45) is 0 Å². The molecule has 0 aliphatic carbocycles. The third-order valence-electron chi connectivity index (χ3n) is 4.90. The Hall–Kier alpha value is -3.17. The lowest BCUT2D eigenvalue weighted by Gasteiger charge is -2.13. The number of fused-ring (bicyclic) bond motifs is 3. The van der Waals surface area contributed by atoms with Gasteiger partial charge in [0.2, 0.25) is 11.5 Å². The zero-order valence-electron chi connectivity index (χ0n) is 18.3. The highest BCUT2D eigenvalue weighted by molar-refractivity contribution is 7.99. The Balaban J connectivity index is 1.61. The summed E-state index contributed by atoms with van der Waals surface area (Å²) in [7, 11) is 0. The predicted molar refractivity (Wildman–Crippen MR) is 127 cm³/mol. The van der Waals surface area contributed by atoms with Crippen LogP contribution in [0.2, 0.25) is 0 Å². The highest BCUT2D eigenvalue weighted by Crippen LogP contribution is 2.27. The molecular formula is C24H24FN3O4S. The minimum Gasteiger partial charge on any atom is -0.448 e. The molecule has 0 radical (unpaired) electrons. The monoisotopic (exact) mass is 469 g/mol. The van der Waals surface area contributed by atoms with Crippen LogP contribution in [0.5, 0.6) is 0 Å². The molecule has 2 aromatic carbocycles. The molecule has 0 spiro atoms. The molecule has 4 aromatic rings. The van der Waals surface area contributed by atoms with Crippen LogP contribution in [0.1, 0.15) is 20.3 Å². The van der Waals surface area contributed by atoms with Crippen molar-refractivity contribution in [2.75, 3.05) is 17.7 Å². The Bertz CT molecular complexity index is 1350. The van der Waals surface area contributed by atoms with E-state index in [1.165, 1.54) is 16.7 Å². The predicted octanol–water partition coefficient (Wildman–Crippen LogP) is 4.83. The number of benzene rings is 2. The van der Waals surface area contributed by atoms with Gasteiger partial charge in [-0.25, -0.2) is 9.37 Å². The topological polar surface area (TPSA) is 86.4 Å². The van der Waals surface area contributed by atoms with Crippen LogP contribution in [0, 0.1) is 5.82 Å². The molecule has 33 heavy (non-hydrogen) atoms. The first kappa shape index (κ1) is 23.0. The Morgan fingerprint density at radius 2 is 1.97 bits per heavy atom. The molecular weight excluding hydrogens is 445 g/mol. The van der Waals surface area contributed by atoms with Crippen molar-refractivity contribution in [1.82, 2.24) is 9.55 Å². The van der Waals surface area contributed by atoms with Crippen molar-refractivity contribution in [3.8, 4) is 0 Å². The van der Waals surface area contributed by atoms with Gasteiger partial charge in [0.15, 0.2) is 5.16 Å². The van der Waals surface area contributed by atoms with Crippen molar-refractivity contribution in [3.63, 3.8) is 0 Å². The first-order valence-corrected chi connectivity index (χ1v) is 11.6. The minimum atomic E-state index is -0.512. The van der Waals surface area contributed by atoms with Crippen molar-refractivity contribution >= 4 is 45.4 Å². The van der Waals surface area contributed by atoms with Gasteiger partial charge in [0, 0.05) is 18.5 Å². The van der Waals surface area contributed by atoms with Gasteiger partial charge in [-0.1, -0.05) is 36.0 Å². The van der Waals surface area contributed by atoms with Crippen LogP contribution >= 0.6 is 11.8 Å². The standard InChI is InChI=1S/C24H24FN3O4S/c1-15(2)31-13-7-12-28-23(30)22-21(16-8-3-6-11-19(16)32-22)27-24(28)33-14-20(29)26-18-10-5-4-9-17(18)25/h3-6,8-11,15H,7,12-14H2,1-2H3,(H,26,29). The molecule has 172 valence electrons. The smallest absolute Gasteiger partial charge is 0.297 e. The van der Waals surface area contributed by atoms with Gasteiger partial charge in [0.25, 0.3) is 5.56 Å². The number of ether oxygens (including phenoxy) is 1. The molecule has 0 atom stereocenters. The fraction of sp³-hybridized carbons (Fsp3) is 0.292. The average Bonchev–Trinajstić information content (AvgIpc) is 3.17. The molecule has 0 fully saturated rings. The summed E-state index contributed by atoms with van der Waals surface area (Å²) in [5.41, 5.74) is 1.02. The van der Waals surface area contributed by atoms with Gasteiger partial charge in [0.05, 0.1) is 17.5 Å². The summed E-state index contributed by atoms with van der Waals surface area (Å²) in [5.74, 6) is -0.946. The number of hydrogen-bond donors (Lipinski definition) is 1. The number of hydrogen-bond acceptors (Lipinski definition) is 6. The summed E-state index contributed by atoms with van der Waals surface area (Å²) < 4.78 is 26.7. The molecule has 0 saturated carbocycles. The molecule has 0 bridgehead atoms. The van der Waals surface area contributed by atoms with Gasteiger partial charge in [-0.2, -0.15) is 0 Å². The van der Waals surface area contributed by atoms with Crippen LogP contribution in [-0.4, -0.2) is 33.9 Å². The summed E-state index contributed by atoms with van der Waals surface area (Å²) >= 11 is 1.12. The number of carbonyl (C=O) groups excluding carboxylic acids is 1. The molecule has 1 N–H and O–H groups in total. The SMILES string of the molecule is CC(C)OCCCn1c(SCC(=O)Nc2ccccc2F)nc2c(oc3ccccc32)c1=O. The van der Waals surface area contributed by atoms with Gasteiger partial charge in [0.1, 0.15) is 16.9 Å².